The van der Waals surface area contributed by atoms with Gasteiger partial charge in [-0.2, -0.15) is 0 Å². The number of hydrogen-bond acceptors (Lipinski definition) is 5. The molecule has 0 saturated carbocycles. The zero-order valence-corrected chi connectivity index (χ0v) is 12.0. The molecular weight excluding hydrogens is 326 g/mol. The van der Waals surface area contributed by atoms with Gasteiger partial charge in [0.15, 0.2) is 11.0 Å². The fourth-order valence-electron chi connectivity index (χ4n) is 1.16. The second-order valence-corrected chi connectivity index (χ2v) is 6.53. The molecule has 0 atom stereocenters. The van der Waals surface area contributed by atoms with Crippen LogP contribution in [0, 0.1) is 0 Å². The summed E-state index contributed by atoms with van der Waals surface area (Å²) in [5, 5.41) is 13.5. The van der Waals surface area contributed by atoms with Crippen LogP contribution in [0.4, 0.5) is 0 Å². The van der Waals surface area contributed by atoms with Gasteiger partial charge in [-0.25, -0.2) is 9.67 Å². The van der Waals surface area contributed by atoms with E-state index in [0.717, 1.165) is 20.4 Å². The van der Waals surface area contributed by atoms with Crippen LogP contribution in [0.1, 0.15) is 0 Å². The fourth-order valence-corrected chi connectivity index (χ4v) is 3.11. The van der Waals surface area contributed by atoms with Crippen molar-refractivity contribution in [2.75, 3.05) is 5.75 Å². The van der Waals surface area contributed by atoms with Crippen LogP contribution in [0.25, 0.3) is 10.7 Å². The van der Waals surface area contributed by atoms with Gasteiger partial charge in [0.25, 0.3) is 0 Å². The van der Waals surface area contributed by atoms with Gasteiger partial charge in [0.1, 0.15) is 0 Å². The zero-order valence-electron chi connectivity index (χ0n) is 8.75. The number of rotatable bonds is 4. The van der Waals surface area contributed by atoms with Crippen molar-refractivity contribution in [1.82, 2.24) is 14.8 Å². The summed E-state index contributed by atoms with van der Waals surface area (Å²) in [7, 11) is 1.75. The summed E-state index contributed by atoms with van der Waals surface area (Å²) >= 11 is 6.08. The van der Waals surface area contributed by atoms with E-state index in [0.29, 0.717) is 11.0 Å². The van der Waals surface area contributed by atoms with Crippen LogP contribution in [0.5, 0.6) is 0 Å². The monoisotopic (exact) mass is 333 g/mol. The first kappa shape index (κ1) is 12.6. The van der Waals surface area contributed by atoms with Gasteiger partial charge < -0.3 is 5.11 Å². The summed E-state index contributed by atoms with van der Waals surface area (Å²) in [5.74, 6) is -0.255. The van der Waals surface area contributed by atoms with Gasteiger partial charge in [0.05, 0.1) is 14.4 Å². The number of hydrogen-bond donors (Lipinski definition) is 1. The lowest BCUT2D eigenvalue weighted by Crippen LogP contribution is -2.00. The van der Waals surface area contributed by atoms with E-state index in [2.05, 4.69) is 26.0 Å². The van der Waals surface area contributed by atoms with E-state index in [4.69, 9.17) is 5.11 Å². The SMILES string of the molecule is Cn1nc(-c2ccc(Br)s2)nc1SCC(=O)O. The lowest BCUT2D eigenvalue weighted by atomic mass is 10.4. The lowest BCUT2D eigenvalue weighted by Gasteiger charge is -1.94. The molecule has 17 heavy (non-hydrogen) atoms. The van der Waals surface area contributed by atoms with E-state index in [1.54, 1.807) is 23.1 Å². The molecule has 1 N–H and O–H groups in total. The standard InChI is InChI=1S/C9H8BrN3O2S2/c1-13-9(16-4-7(14)15)11-8(12-13)5-2-3-6(10)17-5/h2-3H,4H2,1H3,(H,14,15). The van der Waals surface area contributed by atoms with Crippen molar-refractivity contribution in [3.05, 3.63) is 15.9 Å². The van der Waals surface area contributed by atoms with Gasteiger partial charge in [0, 0.05) is 7.05 Å². The van der Waals surface area contributed by atoms with Crippen molar-refractivity contribution in [2.24, 2.45) is 7.05 Å². The third-order valence-corrected chi connectivity index (χ3v) is 4.47. The molecule has 0 aliphatic rings. The summed E-state index contributed by atoms with van der Waals surface area (Å²) in [6.45, 7) is 0. The van der Waals surface area contributed by atoms with E-state index in [1.165, 1.54) is 0 Å². The van der Waals surface area contributed by atoms with Crippen molar-refractivity contribution in [3.8, 4) is 10.7 Å². The number of aromatic nitrogens is 3. The summed E-state index contributed by atoms with van der Waals surface area (Å²) < 4.78 is 2.61. The van der Waals surface area contributed by atoms with Crippen LogP contribution in [-0.4, -0.2) is 31.6 Å². The van der Waals surface area contributed by atoms with Gasteiger partial charge in [0.2, 0.25) is 0 Å². The molecule has 0 saturated heterocycles. The predicted octanol–water partition coefficient (Wildman–Crippen LogP) is 2.48. The largest absolute Gasteiger partial charge is 0.481 e. The summed E-state index contributed by atoms with van der Waals surface area (Å²) in [6, 6.07) is 3.86. The number of nitrogens with zero attached hydrogens (tertiary/aromatic N) is 3. The first-order valence-electron chi connectivity index (χ1n) is 4.57. The molecule has 0 aliphatic carbocycles. The molecular formula is C9H8BrN3O2S2. The Morgan fingerprint density at radius 2 is 2.41 bits per heavy atom. The number of carboxylic acid groups (broad SMARTS) is 1. The van der Waals surface area contributed by atoms with Crippen molar-refractivity contribution < 1.29 is 9.90 Å². The molecule has 2 aromatic rings. The number of thioether (sulfide) groups is 1. The number of thiophene rings is 1. The minimum absolute atomic E-state index is 0.0138. The summed E-state index contributed by atoms with van der Waals surface area (Å²) in [6.07, 6.45) is 0. The molecule has 90 valence electrons. The maximum atomic E-state index is 10.5. The van der Waals surface area contributed by atoms with E-state index in [1.807, 2.05) is 12.1 Å². The number of halogens is 1. The Morgan fingerprint density at radius 3 is 3.00 bits per heavy atom. The highest BCUT2D eigenvalue weighted by Crippen LogP contribution is 2.30. The van der Waals surface area contributed by atoms with Crippen LogP contribution in [0.3, 0.4) is 0 Å². The highest BCUT2D eigenvalue weighted by atomic mass is 79.9. The van der Waals surface area contributed by atoms with Crippen molar-refractivity contribution in [1.29, 1.82) is 0 Å². The molecule has 2 aromatic heterocycles. The molecule has 0 spiro atoms. The van der Waals surface area contributed by atoms with Gasteiger partial charge in [-0.3, -0.25) is 4.79 Å². The summed E-state index contributed by atoms with van der Waals surface area (Å²) in [5.41, 5.74) is 0. The van der Waals surface area contributed by atoms with Crippen LogP contribution < -0.4 is 0 Å². The highest BCUT2D eigenvalue weighted by Gasteiger charge is 2.12. The topological polar surface area (TPSA) is 68.0 Å². The van der Waals surface area contributed by atoms with E-state index >= 15 is 0 Å². The molecule has 0 aromatic carbocycles. The molecule has 2 rings (SSSR count). The Labute approximate surface area is 114 Å². The average Bonchev–Trinajstić information content (AvgIpc) is 2.82. The van der Waals surface area contributed by atoms with E-state index in [-0.39, 0.29) is 5.75 Å². The third-order valence-electron chi connectivity index (χ3n) is 1.84. The third kappa shape index (κ3) is 3.08. The Kier molecular flexibility index (Phi) is 3.85. The van der Waals surface area contributed by atoms with Gasteiger partial charge >= 0.3 is 5.97 Å². The molecule has 0 bridgehead atoms. The first-order chi connectivity index (χ1) is 8.06. The molecule has 0 fully saturated rings. The lowest BCUT2D eigenvalue weighted by molar-refractivity contribution is -0.133. The van der Waals surface area contributed by atoms with E-state index in [9.17, 15) is 4.79 Å². The van der Waals surface area contributed by atoms with Crippen molar-refractivity contribution in [3.63, 3.8) is 0 Å². The van der Waals surface area contributed by atoms with Crippen molar-refractivity contribution in [2.45, 2.75) is 5.16 Å². The minimum Gasteiger partial charge on any atom is -0.481 e. The van der Waals surface area contributed by atoms with Gasteiger partial charge in [-0.15, -0.1) is 16.4 Å². The molecule has 2 heterocycles. The Hall–Kier alpha value is -0.860. The number of carboxylic acids is 1. The van der Waals surface area contributed by atoms with Crippen LogP contribution in [0.2, 0.25) is 0 Å². The second-order valence-electron chi connectivity index (χ2n) is 3.13. The number of aryl methyl sites for hydroxylation is 1. The minimum atomic E-state index is -0.863. The average molecular weight is 334 g/mol. The van der Waals surface area contributed by atoms with Crippen LogP contribution in [0.15, 0.2) is 21.1 Å². The number of aliphatic carboxylic acids is 1. The second kappa shape index (κ2) is 5.19. The quantitative estimate of drug-likeness (QED) is 0.870. The maximum Gasteiger partial charge on any atom is 0.313 e. The molecule has 0 amide bonds. The Bertz CT molecular complexity index is 552. The normalized spacial score (nSPS) is 10.7. The van der Waals surface area contributed by atoms with Gasteiger partial charge in [-0.1, -0.05) is 11.8 Å². The van der Waals surface area contributed by atoms with E-state index < -0.39 is 5.97 Å². The molecule has 0 unspecified atom stereocenters. The zero-order chi connectivity index (χ0) is 12.4. The maximum absolute atomic E-state index is 10.5. The highest BCUT2D eigenvalue weighted by molar-refractivity contribution is 9.11. The predicted molar refractivity (Wildman–Crippen MR) is 70.4 cm³/mol. The molecule has 0 aliphatic heterocycles. The fraction of sp³-hybridized carbons (Fsp3) is 0.222. The number of carbonyl (C=O) groups is 1. The Balaban J connectivity index is 2.21. The smallest absolute Gasteiger partial charge is 0.313 e. The Morgan fingerprint density at radius 1 is 1.65 bits per heavy atom. The molecule has 5 nitrogen and oxygen atoms in total. The summed E-state index contributed by atoms with van der Waals surface area (Å²) in [4.78, 5) is 15.7. The van der Waals surface area contributed by atoms with Gasteiger partial charge in [-0.05, 0) is 28.1 Å². The molecule has 8 heteroatoms. The first-order valence-corrected chi connectivity index (χ1v) is 7.17. The van der Waals surface area contributed by atoms with Crippen LogP contribution >= 0.6 is 39.0 Å². The van der Waals surface area contributed by atoms with Crippen molar-refractivity contribution >= 4 is 45.0 Å². The molecule has 0 radical (unpaired) electrons. The van der Waals surface area contributed by atoms with Crippen LogP contribution in [-0.2, 0) is 11.8 Å².